The summed E-state index contributed by atoms with van der Waals surface area (Å²) in [6.45, 7) is 4.17. The SMILES string of the molecule is Cc1cccc(N(CCO)CCOc2ccccc2)c1. The molecule has 1 N–H and O–H groups in total. The van der Waals surface area contributed by atoms with Gasteiger partial charge in [-0.15, -0.1) is 0 Å². The molecule has 0 saturated carbocycles. The molecule has 0 unspecified atom stereocenters. The number of anilines is 1. The van der Waals surface area contributed by atoms with Gasteiger partial charge in [0.05, 0.1) is 13.2 Å². The molecule has 2 aromatic carbocycles. The minimum atomic E-state index is 0.138. The minimum absolute atomic E-state index is 0.138. The Labute approximate surface area is 120 Å². The summed E-state index contributed by atoms with van der Waals surface area (Å²) in [6, 6.07) is 18.1. The first kappa shape index (κ1) is 14.4. The zero-order valence-corrected chi connectivity index (χ0v) is 11.8. The maximum absolute atomic E-state index is 9.20. The fraction of sp³-hybridized carbons (Fsp3) is 0.294. The third-order valence-corrected chi connectivity index (χ3v) is 3.11. The fourth-order valence-corrected chi connectivity index (χ4v) is 2.11. The lowest BCUT2D eigenvalue weighted by Crippen LogP contribution is -2.31. The molecule has 0 atom stereocenters. The molecule has 3 nitrogen and oxygen atoms in total. The van der Waals surface area contributed by atoms with Crippen LogP contribution in [-0.4, -0.2) is 31.4 Å². The van der Waals surface area contributed by atoms with Crippen molar-refractivity contribution in [2.24, 2.45) is 0 Å². The smallest absolute Gasteiger partial charge is 0.119 e. The van der Waals surface area contributed by atoms with Crippen LogP contribution in [0, 0.1) is 6.92 Å². The molecule has 106 valence electrons. The van der Waals surface area contributed by atoms with Crippen molar-refractivity contribution < 1.29 is 9.84 Å². The zero-order valence-electron chi connectivity index (χ0n) is 11.8. The number of aliphatic hydroxyl groups excluding tert-OH is 1. The molecule has 2 rings (SSSR count). The van der Waals surface area contributed by atoms with Crippen LogP contribution in [0.1, 0.15) is 5.56 Å². The summed E-state index contributed by atoms with van der Waals surface area (Å²) >= 11 is 0. The highest BCUT2D eigenvalue weighted by atomic mass is 16.5. The van der Waals surface area contributed by atoms with Crippen LogP contribution in [0.3, 0.4) is 0 Å². The molecule has 0 aliphatic heterocycles. The summed E-state index contributed by atoms with van der Waals surface area (Å²) < 4.78 is 5.71. The summed E-state index contributed by atoms with van der Waals surface area (Å²) in [7, 11) is 0. The van der Waals surface area contributed by atoms with Gasteiger partial charge < -0.3 is 14.7 Å². The standard InChI is InChI=1S/C17H21NO2/c1-15-6-5-7-16(14-15)18(10-12-19)11-13-20-17-8-3-2-4-9-17/h2-9,14,19H,10-13H2,1H3. The summed E-state index contributed by atoms with van der Waals surface area (Å²) in [5.41, 5.74) is 2.34. The highest BCUT2D eigenvalue weighted by Gasteiger charge is 2.06. The Hall–Kier alpha value is -2.00. The molecule has 0 amide bonds. The highest BCUT2D eigenvalue weighted by molar-refractivity contribution is 5.48. The summed E-state index contributed by atoms with van der Waals surface area (Å²) in [4.78, 5) is 2.13. The molecule has 0 bridgehead atoms. The molecule has 20 heavy (non-hydrogen) atoms. The molecule has 0 radical (unpaired) electrons. The predicted octanol–water partition coefficient (Wildman–Crippen LogP) is 2.87. The molecule has 0 saturated heterocycles. The van der Waals surface area contributed by atoms with Gasteiger partial charge in [0, 0.05) is 12.2 Å². The van der Waals surface area contributed by atoms with Gasteiger partial charge in [0.15, 0.2) is 0 Å². The topological polar surface area (TPSA) is 32.7 Å². The van der Waals surface area contributed by atoms with E-state index in [1.165, 1.54) is 5.56 Å². The van der Waals surface area contributed by atoms with Crippen molar-refractivity contribution in [1.82, 2.24) is 0 Å². The van der Waals surface area contributed by atoms with Crippen molar-refractivity contribution in [3.05, 3.63) is 60.2 Å². The lowest BCUT2D eigenvalue weighted by atomic mass is 10.2. The lowest BCUT2D eigenvalue weighted by molar-refractivity contribution is 0.290. The van der Waals surface area contributed by atoms with Crippen molar-refractivity contribution >= 4 is 5.69 Å². The molecule has 0 spiro atoms. The molecular formula is C17H21NO2. The molecule has 0 heterocycles. The molecule has 0 aliphatic carbocycles. The zero-order chi connectivity index (χ0) is 14.2. The van der Waals surface area contributed by atoms with Gasteiger partial charge in [0.25, 0.3) is 0 Å². The van der Waals surface area contributed by atoms with Crippen molar-refractivity contribution in [2.45, 2.75) is 6.92 Å². The quantitative estimate of drug-likeness (QED) is 0.840. The van der Waals surface area contributed by atoms with Crippen LogP contribution in [-0.2, 0) is 0 Å². The first-order valence-electron chi connectivity index (χ1n) is 6.90. The molecule has 0 aliphatic rings. The number of nitrogens with zero attached hydrogens (tertiary/aromatic N) is 1. The number of hydrogen-bond donors (Lipinski definition) is 1. The Morgan fingerprint density at radius 3 is 2.50 bits per heavy atom. The summed E-state index contributed by atoms with van der Waals surface area (Å²) in [6.07, 6.45) is 0. The van der Waals surface area contributed by atoms with Crippen LogP contribution >= 0.6 is 0 Å². The summed E-state index contributed by atoms with van der Waals surface area (Å²) in [5.74, 6) is 0.876. The predicted molar refractivity (Wildman–Crippen MR) is 82.4 cm³/mol. The Morgan fingerprint density at radius 2 is 1.80 bits per heavy atom. The Bertz CT molecular complexity index is 513. The Balaban J connectivity index is 1.92. The first-order valence-corrected chi connectivity index (χ1v) is 6.90. The van der Waals surface area contributed by atoms with E-state index < -0.39 is 0 Å². The van der Waals surface area contributed by atoms with Crippen LogP contribution in [0.2, 0.25) is 0 Å². The van der Waals surface area contributed by atoms with E-state index in [9.17, 15) is 5.11 Å². The normalized spacial score (nSPS) is 10.3. The average Bonchev–Trinajstić information content (AvgIpc) is 2.47. The second kappa shape index (κ2) is 7.56. The monoisotopic (exact) mass is 271 g/mol. The van der Waals surface area contributed by atoms with E-state index in [1.54, 1.807) is 0 Å². The van der Waals surface area contributed by atoms with Gasteiger partial charge in [-0.2, -0.15) is 0 Å². The number of para-hydroxylation sites is 1. The highest BCUT2D eigenvalue weighted by Crippen LogP contribution is 2.16. The number of ether oxygens (including phenoxy) is 1. The number of benzene rings is 2. The number of hydrogen-bond acceptors (Lipinski definition) is 3. The van der Waals surface area contributed by atoms with E-state index in [0.717, 1.165) is 18.0 Å². The third kappa shape index (κ3) is 4.28. The van der Waals surface area contributed by atoms with Crippen LogP contribution in [0.5, 0.6) is 5.75 Å². The average molecular weight is 271 g/mol. The van der Waals surface area contributed by atoms with Crippen LogP contribution in [0.25, 0.3) is 0 Å². The second-order valence-corrected chi connectivity index (χ2v) is 4.71. The van der Waals surface area contributed by atoms with E-state index in [-0.39, 0.29) is 6.61 Å². The molecule has 0 fully saturated rings. The van der Waals surface area contributed by atoms with Gasteiger partial charge in [-0.1, -0.05) is 30.3 Å². The summed E-state index contributed by atoms with van der Waals surface area (Å²) in [5, 5.41) is 9.20. The van der Waals surface area contributed by atoms with Gasteiger partial charge in [-0.05, 0) is 36.8 Å². The van der Waals surface area contributed by atoms with Crippen LogP contribution in [0.15, 0.2) is 54.6 Å². The fourth-order valence-electron chi connectivity index (χ4n) is 2.11. The van der Waals surface area contributed by atoms with Crippen molar-refractivity contribution in [1.29, 1.82) is 0 Å². The second-order valence-electron chi connectivity index (χ2n) is 4.71. The van der Waals surface area contributed by atoms with Gasteiger partial charge in [0.2, 0.25) is 0 Å². The van der Waals surface area contributed by atoms with E-state index in [0.29, 0.717) is 13.2 Å². The Kier molecular flexibility index (Phi) is 5.44. The van der Waals surface area contributed by atoms with Gasteiger partial charge >= 0.3 is 0 Å². The largest absolute Gasteiger partial charge is 0.492 e. The number of rotatable bonds is 7. The molecule has 0 aromatic heterocycles. The van der Waals surface area contributed by atoms with E-state index in [4.69, 9.17) is 4.74 Å². The van der Waals surface area contributed by atoms with Crippen molar-refractivity contribution in [3.8, 4) is 5.75 Å². The van der Waals surface area contributed by atoms with Crippen LogP contribution < -0.4 is 9.64 Å². The van der Waals surface area contributed by atoms with Crippen molar-refractivity contribution in [3.63, 3.8) is 0 Å². The van der Waals surface area contributed by atoms with Crippen LogP contribution in [0.4, 0.5) is 5.69 Å². The van der Waals surface area contributed by atoms with Gasteiger partial charge in [-0.25, -0.2) is 0 Å². The number of aliphatic hydroxyl groups is 1. The maximum atomic E-state index is 9.20. The maximum Gasteiger partial charge on any atom is 0.119 e. The molecular weight excluding hydrogens is 250 g/mol. The molecule has 2 aromatic rings. The molecule has 3 heteroatoms. The van der Waals surface area contributed by atoms with Gasteiger partial charge in [-0.3, -0.25) is 0 Å². The Morgan fingerprint density at radius 1 is 1.00 bits per heavy atom. The number of aryl methyl sites for hydroxylation is 1. The van der Waals surface area contributed by atoms with Gasteiger partial charge in [0.1, 0.15) is 12.4 Å². The first-order chi connectivity index (χ1) is 9.79. The van der Waals surface area contributed by atoms with E-state index >= 15 is 0 Å². The lowest BCUT2D eigenvalue weighted by Gasteiger charge is -2.24. The van der Waals surface area contributed by atoms with Crippen molar-refractivity contribution in [2.75, 3.05) is 31.2 Å². The van der Waals surface area contributed by atoms with E-state index in [1.807, 2.05) is 36.4 Å². The third-order valence-electron chi connectivity index (χ3n) is 3.11. The van der Waals surface area contributed by atoms with E-state index in [2.05, 4.69) is 30.0 Å². The minimum Gasteiger partial charge on any atom is -0.492 e.